The van der Waals surface area contributed by atoms with Gasteiger partial charge in [0.2, 0.25) is 0 Å². The van der Waals surface area contributed by atoms with Crippen molar-refractivity contribution in [2.24, 2.45) is 7.05 Å². The lowest BCUT2D eigenvalue weighted by Crippen LogP contribution is -2.63. The van der Waals surface area contributed by atoms with Gasteiger partial charge in [-0.05, 0) is 17.4 Å². The molecule has 1 aliphatic rings. The highest BCUT2D eigenvalue weighted by Crippen LogP contribution is 2.26. The van der Waals surface area contributed by atoms with Crippen molar-refractivity contribution in [2.45, 2.75) is 18.9 Å². The van der Waals surface area contributed by atoms with Crippen LogP contribution in [0.2, 0.25) is 0 Å². The third kappa shape index (κ3) is 1.86. The van der Waals surface area contributed by atoms with Crippen LogP contribution in [0.5, 0.6) is 0 Å². The number of carbonyl (C=O) groups excluding carboxylic acids is 1. The molecule has 1 N–H and O–H groups in total. The highest BCUT2D eigenvalue weighted by molar-refractivity contribution is 5.94. The Morgan fingerprint density at radius 1 is 1.56 bits per heavy atom. The summed E-state index contributed by atoms with van der Waals surface area (Å²) in [5.41, 5.74) is -0.535. The summed E-state index contributed by atoms with van der Waals surface area (Å²) in [5, 5.41) is 20.5. The topological polar surface area (TPSA) is 88.6 Å². The zero-order valence-electron chi connectivity index (χ0n) is 10.3. The van der Waals surface area contributed by atoms with E-state index in [-0.39, 0.29) is 30.5 Å². The van der Waals surface area contributed by atoms with Gasteiger partial charge in [-0.1, -0.05) is 6.92 Å². The molecule has 1 aromatic heterocycles. The van der Waals surface area contributed by atoms with Crippen LogP contribution >= 0.6 is 0 Å². The van der Waals surface area contributed by atoms with Gasteiger partial charge in [0.05, 0.1) is 25.7 Å². The molecule has 7 nitrogen and oxygen atoms in total. The van der Waals surface area contributed by atoms with Crippen molar-refractivity contribution < 1.29 is 14.8 Å². The summed E-state index contributed by atoms with van der Waals surface area (Å²) in [6.45, 7) is 2.41. The second-order valence-electron chi connectivity index (χ2n) is 4.63. The first-order valence-electron chi connectivity index (χ1n) is 5.70. The Kier molecular flexibility index (Phi) is 2.86. The fourth-order valence-corrected chi connectivity index (χ4v) is 2.09. The number of carbonyl (C=O) groups is 1. The van der Waals surface area contributed by atoms with Gasteiger partial charge in [0.15, 0.2) is 5.69 Å². The summed E-state index contributed by atoms with van der Waals surface area (Å²) in [5.74, 6) is -0.409. The summed E-state index contributed by atoms with van der Waals surface area (Å²) in [7, 11) is 1.48. The number of aliphatic hydroxyl groups is 1. The van der Waals surface area contributed by atoms with E-state index in [4.69, 9.17) is 0 Å². The third-order valence-corrected chi connectivity index (χ3v) is 3.42. The van der Waals surface area contributed by atoms with Crippen LogP contribution in [0, 0.1) is 10.1 Å². The number of hydrogen-bond donors (Lipinski definition) is 1. The molecule has 0 spiro atoms. The molecule has 18 heavy (non-hydrogen) atoms. The Morgan fingerprint density at radius 3 is 2.61 bits per heavy atom. The first-order valence-corrected chi connectivity index (χ1v) is 5.70. The maximum absolute atomic E-state index is 12.1. The Bertz CT molecular complexity index is 502. The van der Waals surface area contributed by atoms with Gasteiger partial charge in [0.1, 0.15) is 0 Å². The Balaban J connectivity index is 2.14. The van der Waals surface area contributed by atoms with Crippen LogP contribution in [0.15, 0.2) is 12.1 Å². The minimum atomic E-state index is -0.799. The van der Waals surface area contributed by atoms with Gasteiger partial charge in [-0.3, -0.25) is 4.79 Å². The van der Waals surface area contributed by atoms with Crippen molar-refractivity contribution in [2.75, 3.05) is 13.1 Å². The van der Waals surface area contributed by atoms with Crippen LogP contribution in [0.25, 0.3) is 0 Å². The van der Waals surface area contributed by atoms with E-state index >= 15 is 0 Å². The second-order valence-corrected chi connectivity index (χ2v) is 4.63. The molecule has 1 amide bonds. The zero-order valence-corrected chi connectivity index (χ0v) is 10.3. The normalized spacial score (nSPS) is 17.4. The van der Waals surface area contributed by atoms with Crippen molar-refractivity contribution in [3.8, 4) is 0 Å². The molecule has 1 aromatic rings. The van der Waals surface area contributed by atoms with Crippen LogP contribution in [-0.4, -0.2) is 44.1 Å². The number of likely N-dealkylation sites (tertiary alicyclic amines) is 1. The molecule has 1 fully saturated rings. The lowest BCUT2D eigenvalue weighted by atomic mass is 9.91. The van der Waals surface area contributed by atoms with Gasteiger partial charge >= 0.3 is 5.82 Å². The predicted octanol–water partition coefficient (Wildman–Crippen LogP) is 0.530. The van der Waals surface area contributed by atoms with E-state index in [9.17, 15) is 20.0 Å². The van der Waals surface area contributed by atoms with Gasteiger partial charge in [-0.25, -0.2) is 4.57 Å². The molecule has 98 valence electrons. The molecule has 0 bridgehead atoms. The van der Waals surface area contributed by atoms with Crippen molar-refractivity contribution in [3.63, 3.8) is 0 Å². The SMILES string of the molecule is CCC1(O)CN(C(=O)c2ccc([N+](=O)[O-])n2C)C1. The van der Waals surface area contributed by atoms with E-state index in [0.717, 1.165) is 0 Å². The Labute approximate surface area is 104 Å². The molecule has 1 aliphatic heterocycles. The quantitative estimate of drug-likeness (QED) is 0.628. The van der Waals surface area contributed by atoms with Crippen LogP contribution in [0.4, 0.5) is 5.82 Å². The number of hydrogen-bond acceptors (Lipinski definition) is 4. The molecular weight excluding hydrogens is 238 g/mol. The van der Waals surface area contributed by atoms with Crippen LogP contribution < -0.4 is 0 Å². The molecule has 2 heterocycles. The number of nitrogens with zero attached hydrogens (tertiary/aromatic N) is 3. The summed E-state index contributed by atoms with van der Waals surface area (Å²) in [4.78, 5) is 23.7. The number of β-amino-alcohol motifs (C(OH)–C–C–N with tert-alkyl or cyclic N) is 1. The van der Waals surface area contributed by atoms with Gasteiger partial charge in [0.25, 0.3) is 5.91 Å². The molecular formula is C11H15N3O4. The van der Waals surface area contributed by atoms with Gasteiger partial charge < -0.3 is 20.1 Å². The van der Waals surface area contributed by atoms with Gasteiger partial charge in [-0.15, -0.1) is 0 Å². The predicted molar refractivity (Wildman–Crippen MR) is 63.2 cm³/mol. The second kappa shape index (κ2) is 4.09. The lowest BCUT2D eigenvalue weighted by Gasteiger charge is -2.45. The minimum Gasteiger partial charge on any atom is -0.386 e. The smallest absolute Gasteiger partial charge is 0.323 e. The number of aromatic nitrogens is 1. The van der Waals surface area contributed by atoms with E-state index in [2.05, 4.69) is 0 Å². The highest BCUT2D eigenvalue weighted by atomic mass is 16.6. The lowest BCUT2D eigenvalue weighted by molar-refractivity contribution is -0.391. The number of nitro groups is 1. The van der Waals surface area contributed by atoms with Crippen LogP contribution in [-0.2, 0) is 7.05 Å². The van der Waals surface area contributed by atoms with Gasteiger partial charge in [0, 0.05) is 6.07 Å². The molecule has 0 atom stereocenters. The molecule has 1 saturated heterocycles. The van der Waals surface area contributed by atoms with E-state index < -0.39 is 10.5 Å². The largest absolute Gasteiger partial charge is 0.386 e. The molecule has 2 rings (SSSR count). The van der Waals surface area contributed by atoms with Crippen molar-refractivity contribution in [1.29, 1.82) is 0 Å². The van der Waals surface area contributed by atoms with E-state index in [0.29, 0.717) is 6.42 Å². The summed E-state index contributed by atoms with van der Waals surface area (Å²) < 4.78 is 1.26. The molecule has 0 saturated carbocycles. The maximum atomic E-state index is 12.1. The zero-order chi connectivity index (χ0) is 13.5. The summed E-state index contributed by atoms with van der Waals surface area (Å²) in [6.07, 6.45) is 0.587. The Hall–Kier alpha value is -1.89. The number of rotatable bonds is 3. The van der Waals surface area contributed by atoms with Crippen molar-refractivity contribution in [3.05, 3.63) is 27.9 Å². The van der Waals surface area contributed by atoms with Gasteiger partial charge in [-0.2, -0.15) is 0 Å². The monoisotopic (exact) mass is 253 g/mol. The van der Waals surface area contributed by atoms with Crippen LogP contribution in [0.3, 0.4) is 0 Å². The van der Waals surface area contributed by atoms with Crippen molar-refractivity contribution >= 4 is 11.7 Å². The fraction of sp³-hybridized carbons (Fsp3) is 0.545. The third-order valence-electron chi connectivity index (χ3n) is 3.42. The molecule has 0 radical (unpaired) electrons. The average molecular weight is 253 g/mol. The maximum Gasteiger partial charge on any atom is 0.323 e. The first kappa shape index (κ1) is 12.6. The minimum absolute atomic E-state index is 0.121. The summed E-state index contributed by atoms with van der Waals surface area (Å²) >= 11 is 0. The number of amides is 1. The summed E-state index contributed by atoms with van der Waals surface area (Å²) in [6, 6.07) is 2.74. The molecule has 7 heteroatoms. The molecule has 0 aliphatic carbocycles. The fourth-order valence-electron chi connectivity index (χ4n) is 2.09. The standard InChI is InChI=1S/C11H15N3O4/c1-3-11(16)6-13(7-11)10(15)8-4-5-9(12(8)2)14(17)18/h4-5,16H,3,6-7H2,1-2H3. The molecule has 0 aromatic carbocycles. The Morgan fingerprint density at radius 2 is 2.17 bits per heavy atom. The molecule has 0 unspecified atom stereocenters. The van der Waals surface area contributed by atoms with E-state index in [1.165, 1.54) is 28.6 Å². The average Bonchev–Trinajstić information content (AvgIpc) is 2.66. The highest BCUT2D eigenvalue weighted by Gasteiger charge is 2.43. The van der Waals surface area contributed by atoms with Crippen molar-refractivity contribution in [1.82, 2.24) is 9.47 Å². The van der Waals surface area contributed by atoms with E-state index in [1.807, 2.05) is 6.92 Å². The van der Waals surface area contributed by atoms with E-state index in [1.54, 1.807) is 0 Å². The van der Waals surface area contributed by atoms with Crippen LogP contribution in [0.1, 0.15) is 23.8 Å². The first-order chi connectivity index (χ1) is 8.38.